The number of rotatable bonds is 4. The molecule has 0 saturated heterocycles. The van der Waals surface area contributed by atoms with E-state index in [9.17, 15) is 14.6 Å². The van der Waals surface area contributed by atoms with Crippen LogP contribution in [0.4, 0.5) is 0 Å². The van der Waals surface area contributed by atoms with Crippen molar-refractivity contribution in [2.75, 3.05) is 6.61 Å². The maximum atomic E-state index is 11.4. The molecule has 90 valence electrons. The zero-order chi connectivity index (χ0) is 12.3. The summed E-state index contributed by atoms with van der Waals surface area (Å²) in [4.78, 5) is 9.38. The molecule has 1 atom stereocenters. The molecule has 0 aromatic carbocycles. The largest absolute Gasteiger partial charge is 0.386 e. The van der Waals surface area contributed by atoms with E-state index in [4.69, 9.17) is 4.52 Å². The second kappa shape index (κ2) is 4.79. The van der Waals surface area contributed by atoms with Gasteiger partial charge in [0.25, 0.3) is 0 Å². The van der Waals surface area contributed by atoms with Crippen molar-refractivity contribution in [2.45, 2.75) is 40.2 Å². The Morgan fingerprint density at radius 1 is 1.27 bits per heavy atom. The van der Waals surface area contributed by atoms with Crippen LogP contribution in [0.25, 0.3) is 0 Å². The van der Waals surface area contributed by atoms with Crippen LogP contribution in [-0.4, -0.2) is 22.2 Å². The molecule has 0 bridgehead atoms. The summed E-state index contributed by atoms with van der Waals surface area (Å²) in [6.45, 7) is 8.96. The molecule has 0 aliphatic rings. The highest BCUT2D eigenvalue weighted by Crippen LogP contribution is 2.45. The summed E-state index contributed by atoms with van der Waals surface area (Å²) in [7, 11) is -3.73. The van der Waals surface area contributed by atoms with E-state index in [0.717, 1.165) is 5.82 Å². The smallest absolute Gasteiger partial charge is 0.351 e. The minimum absolute atomic E-state index is 0.166. The lowest BCUT2D eigenvalue weighted by atomic mass is 9.99. The zero-order valence-corrected chi connectivity index (χ0v) is 10.9. The Hall–Kier alpha value is -0.150. The van der Waals surface area contributed by atoms with E-state index in [2.05, 4.69) is 0 Å². The third-order valence-corrected chi connectivity index (χ3v) is 2.38. The Bertz CT molecular complexity index is 270. The van der Waals surface area contributed by atoms with Crippen molar-refractivity contribution < 1.29 is 19.1 Å². The van der Waals surface area contributed by atoms with Gasteiger partial charge in [0, 0.05) is 5.82 Å². The lowest BCUT2D eigenvalue weighted by Gasteiger charge is -2.20. The summed E-state index contributed by atoms with van der Waals surface area (Å²) in [6.07, 6.45) is 1.26. The van der Waals surface area contributed by atoms with Crippen LogP contribution in [0.15, 0.2) is 11.9 Å². The highest BCUT2D eigenvalue weighted by molar-refractivity contribution is 7.56. The van der Waals surface area contributed by atoms with Gasteiger partial charge in [0.15, 0.2) is 0 Å². The summed E-state index contributed by atoms with van der Waals surface area (Å²) >= 11 is 0. The molecule has 1 unspecified atom stereocenters. The fraction of sp³-hybridized carbons (Fsp3) is 0.800. The van der Waals surface area contributed by atoms with Crippen LogP contribution in [0, 0.1) is 5.41 Å². The van der Waals surface area contributed by atoms with Gasteiger partial charge in [-0.3, -0.25) is 4.57 Å². The van der Waals surface area contributed by atoms with E-state index < -0.39 is 13.2 Å². The van der Waals surface area contributed by atoms with E-state index >= 15 is 0 Å². The number of aliphatic hydroxyl groups is 1. The Labute approximate surface area is 91.5 Å². The van der Waals surface area contributed by atoms with Crippen molar-refractivity contribution in [3.05, 3.63) is 11.9 Å². The number of hydrogen-bond acceptors (Lipinski definition) is 3. The second-order valence-electron chi connectivity index (χ2n) is 5.37. The van der Waals surface area contributed by atoms with Gasteiger partial charge in [-0.1, -0.05) is 20.8 Å². The first kappa shape index (κ1) is 14.8. The summed E-state index contributed by atoms with van der Waals surface area (Å²) in [5, 5.41) is 9.33. The predicted molar refractivity (Wildman–Crippen MR) is 60.7 cm³/mol. The molecule has 15 heavy (non-hydrogen) atoms. The lowest BCUT2D eigenvalue weighted by molar-refractivity contribution is 0.132. The van der Waals surface area contributed by atoms with Gasteiger partial charge in [0.05, 0.1) is 12.2 Å². The molecule has 0 rings (SSSR count). The van der Waals surface area contributed by atoms with E-state index in [1.54, 1.807) is 0 Å². The van der Waals surface area contributed by atoms with E-state index in [-0.39, 0.29) is 12.0 Å². The van der Waals surface area contributed by atoms with Crippen LogP contribution < -0.4 is 0 Å². The maximum absolute atomic E-state index is 11.4. The summed E-state index contributed by atoms with van der Waals surface area (Å²) < 4.78 is 16.3. The summed E-state index contributed by atoms with van der Waals surface area (Å²) in [5.74, 6) is 1.03. The molecule has 0 radical (unpaired) electrons. The molecular weight excluding hydrogens is 215 g/mol. The van der Waals surface area contributed by atoms with Crippen LogP contribution in [0.1, 0.15) is 34.6 Å². The fourth-order valence-corrected chi connectivity index (χ4v) is 1.82. The molecule has 4 nitrogen and oxygen atoms in total. The predicted octanol–water partition coefficient (Wildman–Crippen LogP) is 2.52. The molecule has 0 spiro atoms. The molecule has 0 aromatic rings. The van der Waals surface area contributed by atoms with Gasteiger partial charge < -0.3 is 14.5 Å². The van der Waals surface area contributed by atoms with E-state index in [1.165, 1.54) is 19.9 Å². The van der Waals surface area contributed by atoms with Gasteiger partial charge in [-0.05, 0) is 25.3 Å². The van der Waals surface area contributed by atoms with Crippen molar-refractivity contribution in [1.29, 1.82) is 0 Å². The highest BCUT2D eigenvalue weighted by Gasteiger charge is 2.21. The average molecular weight is 236 g/mol. The SMILES string of the molecule is CC(C)(O)/C=C/P(=O)(O)OCC(C)(C)C. The third kappa shape index (κ3) is 10.1. The van der Waals surface area contributed by atoms with Crippen LogP contribution in [0.2, 0.25) is 0 Å². The molecule has 0 aliphatic heterocycles. The molecule has 0 amide bonds. The monoisotopic (exact) mass is 236 g/mol. The maximum Gasteiger partial charge on any atom is 0.351 e. The van der Waals surface area contributed by atoms with Crippen LogP contribution in [0.5, 0.6) is 0 Å². The fourth-order valence-electron chi connectivity index (χ4n) is 0.606. The molecule has 0 saturated carbocycles. The Kier molecular flexibility index (Phi) is 4.74. The first-order valence-corrected chi connectivity index (χ1v) is 6.46. The Balaban J connectivity index is 4.33. The second-order valence-corrected chi connectivity index (χ2v) is 7.05. The molecular formula is C10H21O4P. The van der Waals surface area contributed by atoms with Crippen molar-refractivity contribution >= 4 is 7.60 Å². The van der Waals surface area contributed by atoms with E-state index in [1.807, 2.05) is 20.8 Å². The van der Waals surface area contributed by atoms with Gasteiger partial charge in [0.2, 0.25) is 0 Å². The topological polar surface area (TPSA) is 66.8 Å². The third-order valence-electron chi connectivity index (χ3n) is 1.35. The quantitative estimate of drug-likeness (QED) is 0.736. The average Bonchev–Trinajstić information content (AvgIpc) is 1.96. The minimum Gasteiger partial charge on any atom is -0.386 e. The summed E-state index contributed by atoms with van der Waals surface area (Å²) in [5.41, 5.74) is -1.27. The standard InChI is InChI=1S/C10H21O4P/c1-9(2,3)8-14-15(12,13)7-6-10(4,5)11/h6-7,11H,8H2,1-5H3,(H,12,13)/b7-6+. The van der Waals surface area contributed by atoms with Gasteiger partial charge in [-0.25, -0.2) is 0 Å². The Morgan fingerprint density at radius 3 is 2.07 bits per heavy atom. The number of hydrogen-bond donors (Lipinski definition) is 2. The van der Waals surface area contributed by atoms with E-state index in [0.29, 0.717) is 0 Å². The normalized spacial score (nSPS) is 18.1. The lowest BCUT2D eigenvalue weighted by Crippen LogP contribution is -2.15. The minimum atomic E-state index is -3.73. The molecule has 2 N–H and O–H groups in total. The first-order chi connectivity index (χ1) is 6.41. The molecule has 0 aliphatic carbocycles. The van der Waals surface area contributed by atoms with Crippen LogP contribution in [-0.2, 0) is 9.09 Å². The van der Waals surface area contributed by atoms with Gasteiger partial charge in [-0.15, -0.1) is 0 Å². The van der Waals surface area contributed by atoms with Crippen molar-refractivity contribution in [2.24, 2.45) is 5.41 Å². The zero-order valence-electron chi connectivity index (χ0n) is 10.0. The highest BCUT2D eigenvalue weighted by atomic mass is 31.2. The van der Waals surface area contributed by atoms with Crippen LogP contribution >= 0.6 is 7.60 Å². The van der Waals surface area contributed by atoms with Crippen molar-refractivity contribution in [3.63, 3.8) is 0 Å². The molecule has 5 heteroatoms. The first-order valence-electron chi connectivity index (χ1n) is 4.81. The Morgan fingerprint density at radius 2 is 1.73 bits per heavy atom. The molecule has 0 heterocycles. The van der Waals surface area contributed by atoms with Crippen LogP contribution in [0.3, 0.4) is 0 Å². The van der Waals surface area contributed by atoms with Gasteiger partial charge in [-0.2, -0.15) is 0 Å². The molecule has 0 fully saturated rings. The van der Waals surface area contributed by atoms with Crippen molar-refractivity contribution in [3.8, 4) is 0 Å². The summed E-state index contributed by atoms with van der Waals surface area (Å²) in [6, 6.07) is 0. The van der Waals surface area contributed by atoms with Crippen molar-refractivity contribution in [1.82, 2.24) is 0 Å². The van der Waals surface area contributed by atoms with Gasteiger partial charge in [0.1, 0.15) is 0 Å². The molecule has 0 aromatic heterocycles. The van der Waals surface area contributed by atoms with Gasteiger partial charge >= 0.3 is 7.60 Å².